The minimum absolute atomic E-state index is 0.165. The molecular weight excluding hydrogens is 559 g/mol. The molecule has 1 amide bonds. The highest BCUT2D eigenvalue weighted by atomic mass is 19.4. The molecule has 4 heterocycles. The van der Waals surface area contributed by atoms with Gasteiger partial charge in [0.1, 0.15) is 5.82 Å². The number of ketones is 1. The Hall–Kier alpha value is -3.89. The molecule has 0 spiro atoms. The van der Waals surface area contributed by atoms with E-state index in [-0.39, 0.29) is 18.3 Å². The van der Waals surface area contributed by atoms with Crippen molar-refractivity contribution in [3.63, 3.8) is 0 Å². The molecule has 0 bridgehead atoms. The van der Waals surface area contributed by atoms with Crippen molar-refractivity contribution in [2.24, 2.45) is 5.92 Å². The number of pyridine rings is 1. The Bertz CT molecular complexity index is 1410. The smallest absolute Gasteiger partial charge is 0.420 e. The van der Waals surface area contributed by atoms with E-state index in [2.05, 4.69) is 27.0 Å². The Morgan fingerprint density at radius 3 is 2.33 bits per heavy atom. The molecule has 43 heavy (non-hydrogen) atoms. The first-order valence-electron chi connectivity index (χ1n) is 15.1. The molecule has 2 aliphatic heterocycles. The number of benzene rings is 1. The molecule has 2 saturated heterocycles. The number of rotatable bonds is 8. The van der Waals surface area contributed by atoms with Crippen LogP contribution in [0.5, 0.6) is 0 Å². The highest BCUT2D eigenvalue weighted by molar-refractivity contribution is 5.96. The molecule has 1 aliphatic carbocycles. The van der Waals surface area contributed by atoms with Crippen molar-refractivity contribution in [2.75, 3.05) is 49.1 Å². The van der Waals surface area contributed by atoms with Gasteiger partial charge in [0.05, 0.1) is 0 Å². The Labute approximate surface area is 248 Å². The third-order valence-electron chi connectivity index (χ3n) is 8.68. The number of anilines is 2. The van der Waals surface area contributed by atoms with Gasteiger partial charge in [-0.3, -0.25) is 9.59 Å². The second-order valence-electron chi connectivity index (χ2n) is 11.8. The quantitative estimate of drug-likeness (QED) is 0.308. The summed E-state index contributed by atoms with van der Waals surface area (Å²) in [5.74, 6) is 0.243. The summed E-state index contributed by atoms with van der Waals surface area (Å²) in [6, 6.07) is 13.4. The van der Waals surface area contributed by atoms with Crippen LogP contribution in [0.1, 0.15) is 71.8 Å². The number of piperidine rings is 1. The number of amides is 1. The standard InChI is InChI=1S/C32H36F3N5O3/c33-32(34,35)30-29(43-31(37-30)40-15-11-25(12-16-40)24-5-2-1-3-6-24)26(41)19-23-9-10-27(36-21-23)38-13-4-14-39(18-17-38)28(42)20-22-7-8-22/h1-3,5-6,9-10,21-22,25H,4,7-8,11-20H2. The Morgan fingerprint density at radius 1 is 0.884 bits per heavy atom. The molecule has 0 unspecified atom stereocenters. The Kier molecular flexibility index (Phi) is 8.41. The normalized spacial score (nSPS) is 18.5. The number of hydrogen-bond acceptors (Lipinski definition) is 7. The molecule has 0 radical (unpaired) electrons. The van der Waals surface area contributed by atoms with Gasteiger partial charge in [0, 0.05) is 58.3 Å². The summed E-state index contributed by atoms with van der Waals surface area (Å²) in [6.07, 6.45) is 1.67. The maximum atomic E-state index is 13.9. The lowest BCUT2D eigenvalue weighted by Gasteiger charge is -2.31. The summed E-state index contributed by atoms with van der Waals surface area (Å²) >= 11 is 0. The van der Waals surface area contributed by atoms with Crippen LogP contribution in [0, 0.1) is 5.92 Å². The fraction of sp³-hybridized carbons (Fsp3) is 0.500. The number of carbonyl (C=O) groups excluding carboxylic acids is 2. The van der Waals surface area contributed by atoms with Gasteiger partial charge in [0.2, 0.25) is 17.5 Å². The van der Waals surface area contributed by atoms with Crippen molar-refractivity contribution < 1.29 is 27.2 Å². The number of hydrogen-bond donors (Lipinski definition) is 0. The third kappa shape index (κ3) is 7.02. The zero-order valence-electron chi connectivity index (χ0n) is 24.1. The molecule has 1 aromatic carbocycles. The lowest BCUT2D eigenvalue weighted by molar-refractivity contribution is -0.141. The first-order valence-corrected chi connectivity index (χ1v) is 15.1. The molecule has 0 N–H and O–H groups in total. The number of halogens is 3. The minimum atomic E-state index is -4.82. The topological polar surface area (TPSA) is 82.8 Å². The molecule has 0 atom stereocenters. The van der Waals surface area contributed by atoms with Gasteiger partial charge in [-0.15, -0.1) is 0 Å². The molecule has 228 valence electrons. The monoisotopic (exact) mass is 595 g/mol. The molecule has 3 fully saturated rings. The molecule has 3 aliphatic rings. The first kappa shape index (κ1) is 29.2. The number of Topliss-reactive ketones (excluding diaryl/α,β-unsaturated/α-hetero) is 1. The van der Waals surface area contributed by atoms with Crippen LogP contribution in [0.4, 0.5) is 25.0 Å². The largest absolute Gasteiger partial charge is 0.437 e. The highest BCUT2D eigenvalue weighted by Crippen LogP contribution is 2.37. The van der Waals surface area contributed by atoms with Crippen molar-refractivity contribution in [2.45, 2.75) is 57.0 Å². The number of aromatic nitrogens is 2. The van der Waals surface area contributed by atoms with E-state index in [0.29, 0.717) is 55.8 Å². The summed E-state index contributed by atoms with van der Waals surface area (Å²) in [5, 5.41) is 0. The number of alkyl halides is 3. The maximum Gasteiger partial charge on any atom is 0.437 e. The molecule has 6 rings (SSSR count). The van der Waals surface area contributed by atoms with Crippen molar-refractivity contribution in [3.05, 3.63) is 71.2 Å². The molecular formula is C32H36F3N5O3. The average Bonchev–Trinajstić information content (AvgIpc) is 3.76. The molecule has 1 saturated carbocycles. The van der Waals surface area contributed by atoms with E-state index in [0.717, 1.165) is 45.2 Å². The van der Waals surface area contributed by atoms with Crippen LogP contribution in [0.2, 0.25) is 0 Å². The predicted molar refractivity (Wildman–Crippen MR) is 155 cm³/mol. The zero-order valence-corrected chi connectivity index (χ0v) is 24.1. The predicted octanol–water partition coefficient (Wildman–Crippen LogP) is 5.74. The Morgan fingerprint density at radius 2 is 1.65 bits per heavy atom. The van der Waals surface area contributed by atoms with Crippen LogP contribution in [-0.4, -0.2) is 65.8 Å². The van der Waals surface area contributed by atoms with Gasteiger partial charge in [-0.05, 0) is 61.1 Å². The lowest BCUT2D eigenvalue weighted by Crippen LogP contribution is -2.35. The maximum absolute atomic E-state index is 13.9. The molecule has 11 heteroatoms. The van der Waals surface area contributed by atoms with Gasteiger partial charge in [-0.2, -0.15) is 18.2 Å². The van der Waals surface area contributed by atoms with Crippen LogP contribution >= 0.6 is 0 Å². The summed E-state index contributed by atoms with van der Waals surface area (Å²) < 4.78 is 47.3. The number of oxazole rings is 1. The molecule has 2 aromatic heterocycles. The van der Waals surface area contributed by atoms with Gasteiger partial charge in [-0.1, -0.05) is 36.4 Å². The molecule has 3 aromatic rings. The zero-order chi connectivity index (χ0) is 30.0. The van der Waals surface area contributed by atoms with Gasteiger partial charge in [0.25, 0.3) is 6.01 Å². The van der Waals surface area contributed by atoms with Gasteiger partial charge in [-0.25, -0.2) is 4.98 Å². The van der Waals surface area contributed by atoms with Crippen molar-refractivity contribution >= 4 is 23.5 Å². The van der Waals surface area contributed by atoms with Crippen molar-refractivity contribution in [1.29, 1.82) is 0 Å². The summed E-state index contributed by atoms with van der Waals surface area (Å²) in [4.78, 5) is 39.6. The summed E-state index contributed by atoms with van der Waals surface area (Å²) in [5.41, 5.74) is 0.407. The fourth-order valence-corrected chi connectivity index (χ4v) is 6.02. The van der Waals surface area contributed by atoms with Crippen LogP contribution in [0.15, 0.2) is 53.1 Å². The van der Waals surface area contributed by atoms with E-state index in [4.69, 9.17) is 4.42 Å². The van der Waals surface area contributed by atoms with E-state index in [1.165, 1.54) is 11.8 Å². The molecule has 8 nitrogen and oxygen atoms in total. The van der Waals surface area contributed by atoms with Gasteiger partial charge >= 0.3 is 6.18 Å². The SMILES string of the molecule is O=C(Cc1ccc(N2CCCN(C(=O)CC3CC3)CC2)nc1)c1oc(N2CCC(c3ccccc3)CC2)nc1C(F)(F)F. The fourth-order valence-electron chi connectivity index (χ4n) is 6.02. The van der Waals surface area contributed by atoms with E-state index in [9.17, 15) is 22.8 Å². The highest BCUT2D eigenvalue weighted by Gasteiger charge is 2.42. The van der Waals surface area contributed by atoms with E-state index < -0.39 is 23.4 Å². The van der Waals surface area contributed by atoms with Crippen LogP contribution < -0.4 is 9.80 Å². The second-order valence-corrected chi connectivity index (χ2v) is 11.8. The van der Waals surface area contributed by atoms with Gasteiger partial charge < -0.3 is 19.1 Å². The van der Waals surface area contributed by atoms with Crippen LogP contribution in [0.25, 0.3) is 0 Å². The number of carbonyl (C=O) groups is 2. The van der Waals surface area contributed by atoms with Crippen LogP contribution in [-0.2, 0) is 17.4 Å². The van der Waals surface area contributed by atoms with E-state index >= 15 is 0 Å². The van der Waals surface area contributed by atoms with Gasteiger partial charge in [0.15, 0.2) is 5.69 Å². The second kappa shape index (κ2) is 12.4. The van der Waals surface area contributed by atoms with Crippen molar-refractivity contribution in [3.8, 4) is 0 Å². The average molecular weight is 596 g/mol. The van der Waals surface area contributed by atoms with Crippen molar-refractivity contribution in [1.82, 2.24) is 14.9 Å². The summed E-state index contributed by atoms with van der Waals surface area (Å²) in [7, 11) is 0. The van der Waals surface area contributed by atoms with E-state index in [1.807, 2.05) is 23.1 Å². The van der Waals surface area contributed by atoms with E-state index in [1.54, 1.807) is 17.0 Å². The lowest BCUT2D eigenvalue weighted by atomic mass is 9.90. The third-order valence-corrected chi connectivity index (χ3v) is 8.68. The van der Waals surface area contributed by atoms with Crippen LogP contribution in [0.3, 0.4) is 0 Å². The number of nitrogens with zero attached hydrogens (tertiary/aromatic N) is 5. The minimum Gasteiger partial charge on any atom is -0.420 e. The Balaban J connectivity index is 1.08. The first-order chi connectivity index (χ1) is 20.7. The summed E-state index contributed by atoms with van der Waals surface area (Å²) in [6.45, 7) is 3.72.